The first-order valence-corrected chi connectivity index (χ1v) is 14.6. The summed E-state index contributed by atoms with van der Waals surface area (Å²) in [5, 5.41) is 0. The largest absolute Gasteiger partial charge is 0.496 e. The molecule has 1 aliphatic carbocycles. The number of para-hydroxylation sites is 4. The van der Waals surface area contributed by atoms with Gasteiger partial charge >= 0.3 is 0 Å². The first-order valence-electron chi connectivity index (χ1n) is 14.6. The molecule has 0 aromatic heterocycles. The molecule has 0 unspecified atom stereocenters. The summed E-state index contributed by atoms with van der Waals surface area (Å²) < 4.78 is 25.1. The Kier molecular flexibility index (Phi) is 9.66. The third-order valence-corrected chi connectivity index (χ3v) is 7.78. The third kappa shape index (κ3) is 6.38. The summed E-state index contributed by atoms with van der Waals surface area (Å²) in [6, 6.07) is 25.7. The summed E-state index contributed by atoms with van der Waals surface area (Å²) >= 11 is 0. The van der Waals surface area contributed by atoms with Gasteiger partial charge in [0.2, 0.25) is 0 Å². The highest BCUT2D eigenvalue weighted by Crippen LogP contribution is 2.38. The minimum absolute atomic E-state index is 0.575. The number of hydrogen-bond donors (Lipinski definition) is 0. The van der Waals surface area contributed by atoms with Crippen molar-refractivity contribution in [1.29, 1.82) is 0 Å². The fourth-order valence-corrected chi connectivity index (χ4v) is 5.87. The minimum Gasteiger partial charge on any atom is -0.496 e. The van der Waals surface area contributed by atoms with Crippen LogP contribution in [0.5, 0.6) is 23.0 Å². The maximum absolute atomic E-state index is 6.46. The van der Waals surface area contributed by atoms with E-state index in [1.54, 1.807) is 14.2 Å². The molecule has 0 radical (unpaired) electrons. The average molecular weight is 561 g/mol. The van der Waals surface area contributed by atoms with E-state index in [0.717, 1.165) is 80.3 Å². The molecule has 4 heteroatoms. The van der Waals surface area contributed by atoms with E-state index in [1.165, 1.54) is 0 Å². The second kappa shape index (κ2) is 14.0. The lowest BCUT2D eigenvalue weighted by molar-refractivity contribution is 0.318. The Morgan fingerprint density at radius 3 is 0.976 bits per heavy atom. The van der Waals surface area contributed by atoms with Crippen molar-refractivity contribution >= 4 is 0 Å². The maximum atomic E-state index is 6.46. The summed E-state index contributed by atoms with van der Waals surface area (Å²) in [4.78, 5) is 0. The predicted octanol–water partition coefficient (Wildman–Crippen LogP) is 8.29. The monoisotopic (exact) mass is 560 g/mol. The van der Waals surface area contributed by atoms with Crippen molar-refractivity contribution in [2.24, 2.45) is 0 Å². The molecule has 0 saturated heterocycles. The van der Waals surface area contributed by atoms with E-state index >= 15 is 0 Å². The van der Waals surface area contributed by atoms with Gasteiger partial charge in [-0.15, -0.1) is 13.2 Å². The number of benzene rings is 4. The van der Waals surface area contributed by atoms with Gasteiger partial charge in [-0.25, -0.2) is 0 Å². The molecule has 0 amide bonds. The molecular formula is C38H40O4. The SMILES string of the molecule is C=CCCOc1c2cccc1Cc1cccc(c1OC)Cc1cccc(c1OCCC=C)Cc1cccc(c1OC)C2. The van der Waals surface area contributed by atoms with Gasteiger partial charge in [0.15, 0.2) is 0 Å². The van der Waals surface area contributed by atoms with Crippen molar-refractivity contribution in [2.45, 2.75) is 38.5 Å². The van der Waals surface area contributed by atoms with Crippen LogP contribution in [-0.4, -0.2) is 27.4 Å². The molecule has 4 aromatic carbocycles. The third-order valence-electron chi connectivity index (χ3n) is 7.78. The van der Waals surface area contributed by atoms with Gasteiger partial charge in [-0.05, 0) is 57.3 Å². The Morgan fingerprint density at radius 2 is 0.738 bits per heavy atom. The Bertz CT molecular complexity index is 1350. The summed E-state index contributed by atoms with van der Waals surface area (Å²) in [6.07, 6.45) is 8.10. The highest BCUT2D eigenvalue weighted by atomic mass is 16.5. The van der Waals surface area contributed by atoms with Crippen LogP contribution in [0.2, 0.25) is 0 Å². The van der Waals surface area contributed by atoms with Crippen LogP contribution in [0.1, 0.15) is 57.3 Å². The molecule has 42 heavy (non-hydrogen) atoms. The molecule has 0 N–H and O–H groups in total. The van der Waals surface area contributed by atoms with E-state index < -0.39 is 0 Å². The molecule has 4 nitrogen and oxygen atoms in total. The van der Waals surface area contributed by atoms with Crippen LogP contribution in [-0.2, 0) is 25.7 Å². The molecular weight excluding hydrogens is 520 g/mol. The van der Waals surface area contributed by atoms with E-state index in [0.29, 0.717) is 38.9 Å². The van der Waals surface area contributed by atoms with Gasteiger partial charge in [-0.3, -0.25) is 0 Å². The zero-order chi connectivity index (χ0) is 29.3. The van der Waals surface area contributed by atoms with Crippen LogP contribution in [0.25, 0.3) is 0 Å². The molecule has 0 saturated carbocycles. The second-order valence-corrected chi connectivity index (χ2v) is 10.6. The van der Waals surface area contributed by atoms with Crippen molar-refractivity contribution in [3.05, 3.63) is 143 Å². The van der Waals surface area contributed by atoms with E-state index in [4.69, 9.17) is 18.9 Å². The summed E-state index contributed by atoms with van der Waals surface area (Å²) in [5.74, 6) is 3.66. The summed E-state index contributed by atoms with van der Waals surface area (Å²) in [6.45, 7) is 8.91. The lowest BCUT2D eigenvalue weighted by Crippen LogP contribution is -2.08. The lowest BCUT2D eigenvalue weighted by atomic mass is 9.91. The predicted molar refractivity (Wildman–Crippen MR) is 171 cm³/mol. The van der Waals surface area contributed by atoms with Gasteiger partial charge < -0.3 is 18.9 Å². The number of methoxy groups -OCH3 is 2. The van der Waals surface area contributed by atoms with Crippen LogP contribution in [0, 0.1) is 0 Å². The van der Waals surface area contributed by atoms with Gasteiger partial charge in [-0.1, -0.05) is 84.9 Å². The quantitative estimate of drug-likeness (QED) is 0.127. The summed E-state index contributed by atoms with van der Waals surface area (Å²) in [7, 11) is 3.52. The Balaban J connectivity index is 1.71. The molecule has 0 fully saturated rings. The normalized spacial score (nSPS) is 12.2. The van der Waals surface area contributed by atoms with Gasteiger partial charge in [-0.2, -0.15) is 0 Å². The molecule has 8 bridgehead atoms. The maximum Gasteiger partial charge on any atom is 0.126 e. The highest BCUT2D eigenvalue weighted by Gasteiger charge is 2.20. The smallest absolute Gasteiger partial charge is 0.126 e. The Morgan fingerprint density at radius 1 is 0.476 bits per heavy atom. The van der Waals surface area contributed by atoms with Gasteiger partial charge in [0.25, 0.3) is 0 Å². The van der Waals surface area contributed by atoms with Crippen molar-refractivity contribution < 1.29 is 18.9 Å². The fraction of sp³-hybridized carbons (Fsp3) is 0.263. The highest BCUT2D eigenvalue weighted by molar-refractivity contribution is 5.55. The van der Waals surface area contributed by atoms with Crippen molar-refractivity contribution in [3.63, 3.8) is 0 Å². The zero-order valence-corrected chi connectivity index (χ0v) is 24.8. The average Bonchev–Trinajstić information content (AvgIpc) is 3.00. The van der Waals surface area contributed by atoms with E-state index in [9.17, 15) is 0 Å². The zero-order valence-electron chi connectivity index (χ0n) is 24.8. The molecule has 0 spiro atoms. The first-order chi connectivity index (χ1) is 20.7. The van der Waals surface area contributed by atoms with Crippen LogP contribution < -0.4 is 18.9 Å². The van der Waals surface area contributed by atoms with Crippen LogP contribution in [0.15, 0.2) is 98.1 Å². The van der Waals surface area contributed by atoms with Crippen LogP contribution >= 0.6 is 0 Å². The second-order valence-electron chi connectivity index (χ2n) is 10.6. The van der Waals surface area contributed by atoms with Crippen LogP contribution in [0.3, 0.4) is 0 Å². The summed E-state index contributed by atoms with van der Waals surface area (Å²) in [5.41, 5.74) is 9.01. The minimum atomic E-state index is 0.575. The number of hydrogen-bond acceptors (Lipinski definition) is 4. The molecule has 0 aliphatic heterocycles. The van der Waals surface area contributed by atoms with Crippen molar-refractivity contribution in [1.82, 2.24) is 0 Å². The van der Waals surface area contributed by atoms with Crippen molar-refractivity contribution in [3.8, 4) is 23.0 Å². The van der Waals surface area contributed by atoms with E-state index in [1.807, 2.05) is 12.2 Å². The topological polar surface area (TPSA) is 36.9 Å². The van der Waals surface area contributed by atoms with Gasteiger partial charge in [0, 0.05) is 25.7 Å². The molecule has 4 aromatic rings. The standard InChI is InChI=1S/C38H40O4/c1-5-7-21-41-37-31-17-11-18-32(37)24-28-14-10-16-30(36(28)40-4)26-34-20-12-19-33(38(34)42-22-8-6-2)25-29-15-9-13-27(23-31)35(29)39-3/h5-6,9-20H,1-2,7-8,21-26H2,3-4H3. The molecule has 0 heterocycles. The molecule has 5 rings (SSSR count). The van der Waals surface area contributed by atoms with E-state index in [2.05, 4.69) is 86.0 Å². The Labute approximate surface area is 250 Å². The lowest BCUT2D eigenvalue weighted by Gasteiger charge is -2.21. The van der Waals surface area contributed by atoms with Gasteiger partial charge in [0.1, 0.15) is 23.0 Å². The fourth-order valence-electron chi connectivity index (χ4n) is 5.87. The molecule has 216 valence electrons. The Hall–Kier alpha value is -4.44. The van der Waals surface area contributed by atoms with E-state index in [-0.39, 0.29) is 0 Å². The first kappa shape index (κ1) is 29.1. The number of ether oxygens (including phenoxy) is 4. The molecule has 0 atom stereocenters. The number of fused-ring (bicyclic) bond motifs is 8. The number of rotatable bonds is 10. The van der Waals surface area contributed by atoms with Crippen LogP contribution in [0.4, 0.5) is 0 Å². The van der Waals surface area contributed by atoms with Crippen molar-refractivity contribution in [2.75, 3.05) is 27.4 Å². The molecule has 1 aliphatic rings. The van der Waals surface area contributed by atoms with Gasteiger partial charge in [0.05, 0.1) is 27.4 Å².